The summed E-state index contributed by atoms with van der Waals surface area (Å²) in [5.41, 5.74) is 6.84. The Morgan fingerprint density at radius 2 is 1.73 bits per heavy atom. The van der Waals surface area contributed by atoms with E-state index in [1.807, 2.05) is 18.2 Å². The lowest BCUT2D eigenvalue weighted by Gasteiger charge is -2.40. The summed E-state index contributed by atoms with van der Waals surface area (Å²) in [6, 6.07) is 5.71. The van der Waals surface area contributed by atoms with Gasteiger partial charge in [0.05, 0.1) is 25.3 Å². The van der Waals surface area contributed by atoms with Gasteiger partial charge in [-0.2, -0.15) is 0 Å². The summed E-state index contributed by atoms with van der Waals surface area (Å²) < 4.78 is 10.6. The van der Waals surface area contributed by atoms with Crippen molar-refractivity contribution >= 4 is 0 Å². The molecule has 0 bridgehead atoms. The second-order valence-corrected chi connectivity index (χ2v) is 3.80. The largest absolute Gasteiger partial charge is 0.496 e. The Hall–Kier alpha value is -1.26. The first kappa shape index (κ1) is 10.3. The van der Waals surface area contributed by atoms with Gasteiger partial charge in [-0.05, 0) is 12.1 Å². The van der Waals surface area contributed by atoms with Crippen LogP contribution in [-0.2, 0) is 5.54 Å². The molecule has 0 unspecified atom stereocenters. The molecule has 3 N–H and O–H groups in total. The van der Waals surface area contributed by atoms with Gasteiger partial charge in [-0.3, -0.25) is 0 Å². The number of ether oxygens (including phenoxy) is 2. The van der Waals surface area contributed by atoms with Crippen molar-refractivity contribution in [3.05, 3.63) is 23.8 Å². The molecule has 2 rings (SSSR count). The van der Waals surface area contributed by atoms with Crippen LogP contribution in [0.1, 0.15) is 5.56 Å². The number of methoxy groups -OCH3 is 2. The van der Waals surface area contributed by atoms with E-state index in [0.29, 0.717) is 0 Å². The third-order valence-corrected chi connectivity index (χ3v) is 2.81. The molecule has 4 nitrogen and oxygen atoms in total. The highest BCUT2D eigenvalue weighted by atomic mass is 16.5. The molecule has 1 aromatic carbocycles. The van der Waals surface area contributed by atoms with Crippen LogP contribution in [0.15, 0.2) is 18.2 Å². The Labute approximate surface area is 89.4 Å². The molecule has 0 radical (unpaired) electrons. The Kier molecular flexibility index (Phi) is 2.54. The van der Waals surface area contributed by atoms with Crippen molar-refractivity contribution in [1.82, 2.24) is 5.32 Å². The van der Waals surface area contributed by atoms with Crippen molar-refractivity contribution in [2.75, 3.05) is 27.3 Å². The number of hydrogen-bond acceptors (Lipinski definition) is 4. The van der Waals surface area contributed by atoms with Gasteiger partial charge in [-0.15, -0.1) is 0 Å². The van der Waals surface area contributed by atoms with Crippen LogP contribution in [0.2, 0.25) is 0 Å². The molecular weight excluding hydrogens is 192 g/mol. The van der Waals surface area contributed by atoms with Crippen molar-refractivity contribution in [3.63, 3.8) is 0 Å². The van der Waals surface area contributed by atoms with E-state index in [9.17, 15) is 0 Å². The van der Waals surface area contributed by atoms with Gasteiger partial charge in [0.1, 0.15) is 11.5 Å². The predicted molar refractivity (Wildman–Crippen MR) is 58.3 cm³/mol. The van der Waals surface area contributed by atoms with Gasteiger partial charge in [0.25, 0.3) is 0 Å². The van der Waals surface area contributed by atoms with Crippen molar-refractivity contribution in [2.24, 2.45) is 5.73 Å². The first-order valence-electron chi connectivity index (χ1n) is 4.92. The molecule has 1 heterocycles. The fourth-order valence-electron chi connectivity index (χ4n) is 1.91. The molecule has 0 amide bonds. The highest BCUT2D eigenvalue weighted by Gasteiger charge is 2.39. The lowest BCUT2D eigenvalue weighted by atomic mass is 9.84. The Morgan fingerprint density at radius 1 is 1.20 bits per heavy atom. The maximum Gasteiger partial charge on any atom is 0.127 e. The Balaban J connectivity index is 2.50. The van der Waals surface area contributed by atoms with Crippen LogP contribution in [0.25, 0.3) is 0 Å². The molecule has 0 saturated carbocycles. The van der Waals surface area contributed by atoms with Crippen molar-refractivity contribution in [1.29, 1.82) is 0 Å². The van der Waals surface area contributed by atoms with E-state index in [2.05, 4.69) is 5.32 Å². The average Bonchev–Trinajstić information content (AvgIpc) is 2.24. The summed E-state index contributed by atoms with van der Waals surface area (Å²) in [6.07, 6.45) is 0. The molecule has 0 aliphatic carbocycles. The van der Waals surface area contributed by atoms with Gasteiger partial charge in [0.2, 0.25) is 0 Å². The molecule has 1 fully saturated rings. The van der Waals surface area contributed by atoms with Crippen molar-refractivity contribution < 1.29 is 9.47 Å². The number of hydrogen-bond donors (Lipinski definition) is 2. The monoisotopic (exact) mass is 208 g/mol. The van der Waals surface area contributed by atoms with E-state index in [4.69, 9.17) is 15.2 Å². The smallest absolute Gasteiger partial charge is 0.127 e. The van der Waals surface area contributed by atoms with Crippen molar-refractivity contribution in [3.8, 4) is 11.5 Å². The minimum Gasteiger partial charge on any atom is -0.496 e. The Morgan fingerprint density at radius 3 is 2.07 bits per heavy atom. The van der Waals surface area contributed by atoms with E-state index >= 15 is 0 Å². The van der Waals surface area contributed by atoms with Crippen LogP contribution in [0.4, 0.5) is 0 Å². The summed E-state index contributed by atoms with van der Waals surface area (Å²) in [6.45, 7) is 1.51. The van der Waals surface area contributed by atoms with Gasteiger partial charge in [0, 0.05) is 13.1 Å². The summed E-state index contributed by atoms with van der Waals surface area (Å²) in [4.78, 5) is 0. The minimum absolute atomic E-state index is 0.363. The molecule has 15 heavy (non-hydrogen) atoms. The average molecular weight is 208 g/mol. The molecular formula is C11H16N2O2. The summed E-state index contributed by atoms with van der Waals surface area (Å²) in [5.74, 6) is 1.58. The van der Waals surface area contributed by atoms with Crippen LogP contribution >= 0.6 is 0 Å². The molecule has 1 aliphatic heterocycles. The van der Waals surface area contributed by atoms with Gasteiger partial charge < -0.3 is 20.5 Å². The van der Waals surface area contributed by atoms with Gasteiger partial charge >= 0.3 is 0 Å². The number of nitrogens with one attached hydrogen (secondary N) is 1. The van der Waals surface area contributed by atoms with Gasteiger partial charge in [-0.1, -0.05) is 6.07 Å². The second-order valence-electron chi connectivity index (χ2n) is 3.80. The molecule has 1 saturated heterocycles. The maximum atomic E-state index is 6.25. The fraction of sp³-hybridized carbons (Fsp3) is 0.455. The minimum atomic E-state index is -0.363. The van der Waals surface area contributed by atoms with Crippen LogP contribution in [-0.4, -0.2) is 27.3 Å². The summed E-state index contributed by atoms with van der Waals surface area (Å²) >= 11 is 0. The van der Waals surface area contributed by atoms with Gasteiger partial charge in [0.15, 0.2) is 0 Å². The highest BCUT2D eigenvalue weighted by molar-refractivity contribution is 5.51. The standard InChI is InChI=1S/C11H16N2O2/c1-14-8-4-3-5-9(15-2)10(8)11(12)6-13-7-11/h3-5,13H,6-7,12H2,1-2H3. The third kappa shape index (κ3) is 1.56. The van der Waals surface area contributed by atoms with E-state index < -0.39 is 0 Å². The quantitative estimate of drug-likeness (QED) is 0.757. The molecule has 0 spiro atoms. The fourth-order valence-corrected chi connectivity index (χ4v) is 1.91. The normalized spacial score (nSPS) is 18.1. The number of benzene rings is 1. The zero-order chi connectivity index (χ0) is 10.9. The maximum absolute atomic E-state index is 6.25. The highest BCUT2D eigenvalue weighted by Crippen LogP contribution is 2.38. The number of nitrogens with two attached hydrogens (primary N) is 1. The summed E-state index contributed by atoms with van der Waals surface area (Å²) in [7, 11) is 3.29. The first-order chi connectivity index (χ1) is 7.21. The molecule has 1 aromatic rings. The summed E-state index contributed by atoms with van der Waals surface area (Å²) in [5, 5.41) is 3.17. The van der Waals surface area contributed by atoms with Crippen LogP contribution in [0, 0.1) is 0 Å². The lowest BCUT2D eigenvalue weighted by molar-refractivity contribution is 0.262. The second kappa shape index (κ2) is 3.72. The first-order valence-corrected chi connectivity index (χ1v) is 4.92. The zero-order valence-corrected chi connectivity index (χ0v) is 9.04. The SMILES string of the molecule is COc1cccc(OC)c1C1(N)CNC1. The van der Waals surface area contributed by atoms with Crippen LogP contribution in [0.3, 0.4) is 0 Å². The van der Waals surface area contributed by atoms with E-state index in [-0.39, 0.29) is 5.54 Å². The lowest BCUT2D eigenvalue weighted by Crippen LogP contribution is -2.62. The van der Waals surface area contributed by atoms with Crippen LogP contribution < -0.4 is 20.5 Å². The molecule has 1 aliphatic rings. The van der Waals surface area contributed by atoms with E-state index in [0.717, 1.165) is 30.2 Å². The predicted octanol–water partition coefficient (Wildman–Crippen LogP) is 0.461. The number of rotatable bonds is 3. The molecule has 82 valence electrons. The van der Waals surface area contributed by atoms with Crippen molar-refractivity contribution in [2.45, 2.75) is 5.54 Å². The zero-order valence-electron chi connectivity index (χ0n) is 9.04. The van der Waals surface area contributed by atoms with Crippen LogP contribution in [0.5, 0.6) is 11.5 Å². The topological polar surface area (TPSA) is 56.5 Å². The molecule has 4 heteroatoms. The third-order valence-electron chi connectivity index (χ3n) is 2.81. The molecule has 0 atom stereocenters. The molecule has 0 aromatic heterocycles. The Bertz CT molecular complexity index is 339. The van der Waals surface area contributed by atoms with E-state index in [1.165, 1.54) is 0 Å². The van der Waals surface area contributed by atoms with E-state index in [1.54, 1.807) is 14.2 Å². The van der Waals surface area contributed by atoms with Gasteiger partial charge in [-0.25, -0.2) is 0 Å².